The summed E-state index contributed by atoms with van der Waals surface area (Å²) in [4.78, 5) is 38.8. The Kier molecular flexibility index (Phi) is 12.7. The highest BCUT2D eigenvalue weighted by Gasteiger charge is 2.27. The minimum Gasteiger partial charge on any atom is -0.444 e. The van der Waals surface area contributed by atoms with E-state index in [1.165, 1.54) is 11.3 Å². The number of nitrogens with zero attached hydrogens (tertiary/aromatic N) is 6. The van der Waals surface area contributed by atoms with E-state index in [0.29, 0.717) is 16.8 Å². The number of hydrogen-bond acceptors (Lipinski definition) is 10. The van der Waals surface area contributed by atoms with E-state index >= 15 is 0 Å². The molecular formula is C38H53N7O4S2. The molecule has 0 aliphatic carbocycles. The Bertz CT molecular complexity index is 1730. The molecule has 11 nitrogen and oxygen atoms in total. The Labute approximate surface area is 310 Å². The summed E-state index contributed by atoms with van der Waals surface area (Å²) in [6.45, 7) is 17.5. The van der Waals surface area contributed by atoms with Crippen molar-refractivity contribution in [2.45, 2.75) is 108 Å². The number of thiazole rings is 1. The topological polar surface area (TPSA) is 119 Å². The highest BCUT2D eigenvalue weighted by atomic mass is 32.2. The lowest BCUT2D eigenvalue weighted by atomic mass is 9.94. The van der Waals surface area contributed by atoms with Crippen LogP contribution in [0.2, 0.25) is 0 Å². The molecule has 1 N–H and O–H groups in total. The van der Waals surface area contributed by atoms with Crippen LogP contribution in [0.4, 0.5) is 9.93 Å². The molecule has 51 heavy (non-hydrogen) atoms. The third-order valence-electron chi connectivity index (χ3n) is 8.92. The van der Waals surface area contributed by atoms with Crippen molar-refractivity contribution >= 4 is 40.2 Å². The highest BCUT2D eigenvalue weighted by molar-refractivity contribution is 8.00. The van der Waals surface area contributed by atoms with Crippen LogP contribution in [0, 0.1) is 5.92 Å². The minimum atomic E-state index is -0.537. The van der Waals surface area contributed by atoms with Gasteiger partial charge in [0.05, 0.1) is 41.1 Å². The van der Waals surface area contributed by atoms with Crippen molar-refractivity contribution in [2.75, 3.05) is 32.0 Å². The second-order valence-electron chi connectivity index (χ2n) is 15.3. The number of benzene rings is 1. The molecule has 0 spiro atoms. The summed E-state index contributed by atoms with van der Waals surface area (Å²) in [5.41, 5.74) is 2.62. The average molecular weight is 736 g/mol. The molecule has 1 atom stereocenters. The second-order valence-corrected chi connectivity index (χ2v) is 17.6. The third kappa shape index (κ3) is 10.9. The summed E-state index contributed by atoms with van der Waals surface area (Å²) in [5.74, 6) is 2.21. The van der Waals surface area contributed by atoms with Crippen molar-refractivity contribution < 1.29 is 18.7 Å². The van der Waals surface area contributed by atoms with Gasteiger partial charge in [-0.2, -0.15) is 5.10 Å². The quantitative estimate of drug-likeness (QED) is 0.135. The number of anilines is 1. The monoisotopic (exact) mass is 735 g/mol. The van der Waals surface area contributed by atoms with E-state index in [0.717, 1.165) is 78.5 Å². The summed E-state index contributed by atoms with van der Waals surface area (Å²) in [6, 6.07) is 8.35. The number of amides is 2. The summed E-state index contributed by atoms with van der Waals surface area (Å²) in [7, 11) is 1.81. The van der Waals surface area contributed by atoms with Crippen molar-refractivity contribution in [1.29, 1.82) is 0 Å². The second kappa shape index (κ2) is 16.8. The van der Waals surface area contributed by atoms with Crippen molar-refractivity contribution in [3.8, 4) is 11.1 Å². The first kappa shape index (κ1) is 38.5. The molecule has 1 unspecified atom stereocenters. The number of carbonyl (C=O) groups is 2. The minimum absolute atomic E-state index is 0.0236. The lowest BCUT2D eigenvalue weighted by Crippen LogP contribution is -2.39. The van der Waals surface area contributed by atoms with Crippen LogP contribution in [0.25, 0.3) is 11.1 Å². The maximum Gasteiger partial charge on any atom is 0.410 e. The Balaban J connectivity index is 1.05. The normalized spacial score (nSPS) is 15.1. The van der Waals surface area contributed by atoms with Crippen molar-refractivity contribution in [3.05, 3.63) is 66.3 Å². The number of rotatable bonds is 13. The van der Waals surface area contributed by atoms with Crippen molar-refractivity contribution in [1.82, 2.24) is 29.5 Å². The zero-order chi connectivity index (χ0) is 36.8. The largest absolute Gasteiger partial charge is 0.444 e. The summed E-state index contributed by atoms with van der Waals surface area (Å²) in [5, 5.41) is 8.29. The van der Waals surface area contributed by atoms with Crippen LogP contribution in [0.5, 0.6) is 0 Å². The Morgan fingerprint density at radius 3 is 2.41 bits per heavy atom. The first-order chi connectivity index (χ1) is 24.2. The molecule has 0 radical (unpaired) electrons. The molecule has 13 heteroatoms. The maximum atomic E-state index is 13.0. The van der Waals surface area contributed by atoms with E-state index in [1.807, 2.05) is 38.7 Å². The number of aromatic nitrogens is 4. The Hall–Kier alpha value is -3.68. The number of oxazole rings is 1. The van der Waals surface area contributed by atoms with E-state index in [-0.39, 0.29) is 29.4 Å². The number of likely N-dealkylation sites (tertiary alicyclic amines) is 1. The summed E-state index contributed by atoms with van der Waals surface area (Å²) < 4.78 is 14.5. The van der Waals surface area contributed by atoms with E-state index in [1.54, 1.807) is 29.1 Å². The molecule has 1 aliphatic rings. The number of thioether (sulfide) groups is 1. The van der Waals surface area contributed by atoms with Crippen LogP contribution in [0.3, 0.4) is 0 Å². The van der Waals surface area contributed by atoms with Gasteiger partial charge in [-0.1, -0.05) is 69.7 Å². The fraction of sp³-hybridized carbons (Fsp3) is 0.553. The molecule has 1 fully saturated rings. The Morgan fingerprint density at radius 1 is 1.04 bits per heavy atom. The van der Waals surface area contributed by atoms with Crippen LogP contribution in [-0.4, -0.2) is 73.8 Å². The molecule has 2 amide bonds. The SMILES string of the molecule is CCCC(c1ccc(-c2cnn(CCN3CCC(C(=O)Nc4ncc(SCc5ncc(C(C)(C)C)o5)s4)CC3)c2)cc1)N(C)C(=O)OC(C)(C)C. The zero-order valence-electron chi connectivity index (χ0n) is 31.3. The summed E-state index contributed by atoms with van der Waals surface area (Å²) >= 11 is 3.09. The number of ether oxygens (including phenoxy) is 1. The van der Waals surface area contributed by atoms with E-state index in [4.69, 9.17) is 9.15 Å². The molecule has 1 aromatic carbocycles. The van der Waals surface area contributed by atoms with Gasteiger partial charge in [0.25, 0.3) is 0 Å². The van der Waals surface area contributed by atoms with Crippen LogP contribution in [0.1, 0.15) is 97.4 Å². The highest BCUT2D eigenvalue weighted by Crippen LogP contribution is 2.33. The first-order valence-corrected chi connectivity index (χ1v) is 19.6. The fourth-order valence-electron chi connectivity index (χ4n) is 5.96. The van der Waals surface area contributed by atoms with Crippen LogP contribution in [0.15, 0.2) is 57.7 Å². The fourth-order valence-corrected chi connectivity index (χ4v) is 7.69. The van der Waals surface area contributed by atoms with Crippen molar-refractivity contribution in [3.63, 3.8) is 0 Å². The van der Waals surface area contributed by atoms with Gasteiger partial charge in [0.1, 0.15) is 11.4 Å². The number of nitrogens with one attached hydrogen (secondary N) is 1. The third-order valence-corrected chi connectivity index (χ3v) is 11.0. The van der Waals surface area contributed by atoms with E-state index in [2.05, 4.69) is 83.4 Å². The zero-order valence-corrected chi connectivity index (χ0v) is 32.9. The van der Waals surface area contributed by atoms with Gasteiger partial charge >= 0.3 is 6.09 Å². The van der Waals surface area contributed by atoms with Crippen LogP contribution < -0.4 is 5.32 Å². The van der Waals surface area contributed by atoms with Gasteiger partial charge < -0.3 is 24.3 Å². The van der Waals surface area contributed by atoms with Gasteiger partial charge in [-0.15, -0.1) is 11.8 Å². The van der Waals surface area contributed by atoms with Crippen LogP contribution >= 0.6 is 23.1 Å². The molecule has 1 saturated heterocycles. The average Bonchev–Trinajstić information content (AvgIpc) is 3.86. The molecule has 3 aromatic heterocycles. The predicted octanol–water partition coefficient (Wildman–Crippen LogP) is 8.64. The van der Waals surface area contributed by atoms with Gasteiger partial charge in [-0.3, -0.25) is 9.48 Å². The lowest BCUT2D eigenvalue weighted by Gasteiger charge is -2.31. The molecule has 0 bridgehead atoms. The summed E-state index contributed by atoms with van der Waals surface area (Å²) in [6.07, 6.45) is 10.7. The van der Waals surface area contributed by atoms with Gasteiger partial charge in [0.2, 0.25) is 11.8 Å². The molecule has 276 valence electrons. The molecule has 1 aliphatic heterocycles. The molecule has 0 saturated carbocycles. The molecule has 4 heterocycles. The Morgan fingerprint density at radius 2 is 1.76 bits per heavy atom. The standard InChI is InChI=1S/C38H53N7O4S2/c1-9-10-30(43(8)36(47)49-38(5,6)7)27-13-11-26(12-14-27)29-21-41-45(24-29)20-19-44-17-15-28(16-18-44)34(46)42-35-40-23-33(51-35)50-25-32-39-22-31(48-32)37(2,3)4/h11-14,21-24,28,30H,9-10,15-20,25H2,1-8H3,(H,40,42,46). The van der Waals surface area contributed by atoms with Gasteiger partial charge in [-0.05, 0) is 64.3 Å². The predicted molar refractivity (Wildman–Crippen MR) is 204 cm³/mol. The smallest absolute Gasteiger partial charge is 0.410 e. The molecule has 5 rings (SSSR count). The van der Waals surface area contributed by atoms with Gasteiger partial charge in [0, 0.05) is 36.7 Å². The first-order valence-electron chi connectivity index (χ1n) is 17.8. The van der Waals surface area contributed by atoms with E-state index in [9.17, 15) is 9.59 Å². The number of piperidine rings is 1. The number of hydrogen-bond donors (Lipinski definition) is 1. The van der Waals surface area contributed by atoms with Gasteiger partial charge in [-0.25, -0.2) is 14.8 Å². The van der Waals surface area contributed by atoms with E-state index < -0.39 is 5.60 Å². The van der Waals surface area contributed by atoms with Gasteiger partial charge in [0.15, 0.2) is 5.13 Å². The van der Waals surface area contributed by atoms with Crippen molar-refractivity contribution in [2.24, 2.45) is 5.92 Å². The molecular weight excluding hydrogens is 683 g/mol. The van der Waals surface area contributed by atoms with Crippen LogP contribution in [-0.2, 0) is 27.2 Å². The maximum absolute atomic E-state index is 13.0. The molecule has 4 aromatic rings. The number of carbonyl (C=O) groups excluding carboxylic acids is 2. The lowest BCUT2D eigenvalue weighted by molar-refractivity contribution is -0.121.